The van der Waals surface area contributed by atoms with Crippen LogP contribution in [-0.4, -0.2) is 30.9 Å². The van der Waals surface area contributed by atoms with Crippen molar-refractivity contribution >= 4 is 28.9 Å². The second kappa shape index (κ2) is 11.0. The van der Waals surface area contributed by atoms with E-state index in [1.54, 1.807) is 18.6 Å². The molecule has 1 saturated carbocycles. The molecule has 3 atom stereocenters. The number of pyridine rings is 1. The van der Waals surface area contributed by atoms with Crippen molar-refractivity contribution in [3.63, 3.8) is 0 Å². The number of aliphatic hydroxyl groups is 1. The maximum Gasteiger partial charge on any atom is 0.227 e. The second-order valence-electron chi connectivity index (χ2n) is 10.2. The number of nitrogens with one attached hydrogen (secondary N) is 2. The number of rotatable bonds is 7. The van der Waals surface area contributed by atoms with E-state index in [1.165, 1.54) is 11.3 Å². The zero-order valence-electron chi connectivity index (χ0n) is 21.8. The van der Waals surface area contributed by atoms with Crippen LogP contribution in [0.4, 0.5) is 11.6 Å². The van der Waals surface area contributed by atoms with Crippen molar-refractivity contribution in [1.29, 1.82) is 0 Å². The number of nitrogens with zero attached hydrogens (tertiary/aromatic N) is 4. The van der Waals surface area contributed by atoms with E-state index in [0.29, 0.717) is 36.8 Å². The Labute approximate surface area is 226 Å². The topological polar surface area (TPSA) is 113 Å². The zero-order chi connectivity index (χ0) is 26.7. The maximum absolute atomic E-state index is 12.9. The van der Waals surface area contributed by atoms with Gasteiger partial charge in [0.15, 0.2) is 0 Å². The molecule has 5 rings (SSSR count). The number of aryl methyl sites for hydroxylation is 2. The highest BCUT2D eigenvalue weighted by atomic mass is 32.1. The van der Waals surface area contributed by atoms with Crippen molar-refractivity contribution in [3.05, 3.63) is 83.0 Å². The van der Waals surface area contributed by atoms with Crippen LogP contribution >= 0.6 is 11.3 Å². The van der Waals surface area contributed by atoms with Crippen LogP contribution in [0.5, 0.6) is 0 Å². The van der Waals surface area contributed by atoms with E-state index in [2.05, 4.69) is 36.6 Å². The molecular formula is C29H32N6O2S. The lowest BCUT2D eigenvalue weighted by atomic mass is 9.72. The summed E-state index contributed by atoms with van der Waals surface area (Å²) in [4.78, 5) is 31.3. The fraction of sp³-hybridized carbons (Fsp3) is 0.345. The number of carbonyl (C=O) groups is 1. The van der Waals surface area contributed by atoms with Crippen LogP contribution < -0.4 is 10.6 Å². The zero-order valence-corrected chi connectivity index (χ0v) is 22.6. The largest absolute Gasteiger partial charge is 0.383 e. The van der Waals surface area contributed by atoms with Crippen LogP contribution in [0, 0.1) is 25.7 Å². The van der Waals surface area contributed by atoms with E-state index in [4.69, 9.17) is 0 Å². The molecule has 1 amide bonds. The fourth-order valence-corrected chi connectivity index (χ4v) is 6.15. The Morgan fingerprint density at radius 1 is 1.16 bits per heavy atom. The molecule has 3 aromatic heterocycles. The number of carbonyl (C=O) groups excluding carboxylic acids is 1. The van der Waals surface area contributed by atoms with Crippen LogP contribution in [0.15, 0.2) is 61.2 Å². The second-order valence-corrected chi connectivity index (χ2v) is 11.2. The molecule has 3 heterocycles. The van der Waals surface area contributed by atoms with Gasteiger partial charge in [-0.15, -0.1) is 11.3 Å². The third kappa shape index (κ3) is 5.89. The minimum Gasteiger partial charge on any atom is -0.383 e. The number of hydrogen-bond acceptors (Lipinski definition) is 8. The van der Waals surface area contributed by atoms with Crippen LogP contribution in [0.1, 0.15) is 48.0 Å². The van der Waals surface area contributed by atoms with Crippen LogP contribution in [-0.2, 0) is 16.9 Å². The van der Waals surface area contributed by atoms with E-state index >= 15 is 0 Å². The average molecular weight is 529 g/mol. The number of anilines is 2. The molecule has 1 aromatic carbocycles. The molecule has 0 saturated heterocycles. The number of thiazole rings is 1. The number of amides is 1. The molecule has 196 valence electrons. The summed E-state index contributed by atoms with van der Waals surface area (Å²) < 4.78 is 0. The van der Waals surface area contributed by atoms with E-state index in [-0.39, 0.29) is 17.7 Å². The minimum atomic E-state index is -1.04. The van der Waals surface area contributed by atoms with Gasteiger partial charge in [-0.25, -0.2) is 15.0 Å². The van der Waals surface area contributed by atoms with Gasteiger partial charge >= 0.3 is 0 Å². The Hall–Kier alpha value is -3.69. The van der Waals surface area contributed by atoms with Gasteiger partial charge in [0.05, 0.1) is 4.88 Å². The fourth-order valence-electron chi connectivity index (χ4n) is 5.12. The predicted molar refractivity (Wildman–Crippen MR) is 149 cm³/mol. The van der Waals surface area contributed by atoms with Gasteiger partial charge in [-0.2, -0.15) is 0 Å². The molecule has 1 aliphatic carbocycles. The van der Waals surface area contributed by atoms with Crippen molar-refractivity contribution in [2.75, 3.05) is 5.32 Å². The predicted octanol–water partition coefficient (Wildman–Crippen LogP) is 5.30. The summed E-state index contributed by atoms with van der Waals surface area (Å²) in [6.45, 7) is 6.48. The molecule has 8 nitrogen and oxygen atoms in total. The molecule has 3 unspecified atom stereocenters. The van der Waals surface area contributed by atoms with Crippen LogP contribution in [0.25, 0.3) is 10.4 Å². The number of hydrogen-bond donors (Lipinski definition) is 3. The lowest BCUT2D eigenvalue weighted by Gasteiger charge is -2.38. The minimum absolute atomic E-state index is 0.0269. The van der Waals surface area contributed by atoms with Gasteiger partial charge in [-0.05, 0) is 80.0 Å². The van der Waals surface area contributed by atoms with Gasteiger partial charge in [0.1, 0.15) is 10.6 Å². The van der Waals surface area contributed by atoms with Gasteiger partial charge < -0.3 is 15.7 Å². The first-order chi connectivity index (χ1) is 18.3. The molecule has 3 N–H and O–H groups in total. The smallest absolute Gasteiger partial charge is 0.227 e. The first kappa shape index (κ1) is 25.9. The monoisotopic (exact) mass is 528 g/mol. The summed E-state index contributed by atoms with van der Waals surface area (Å²) in [5.41, 5.74) is 3.83. The maximum atomic E-state index is 12.9. The van der Waals surface area contributed by atoms with Crippen molar-refractivity contribution in [3.8, 4) is 10.4 Å². The highest BCUT2D eigenvalue weighted by Gasteiger charge is 2.43. The number of benzene rings is 1. The summed E-state index contributed by atoms with van der Waals surface area (Å²) in [5, 5.41) is 18.6. The molecule has 4 aromatic rings. The van der Waals surface area contributed by atoms with Gasteiger partial charge in [0, 0.05) is 48.6 Å². The van der Waals surface area contributed by atoms with Crippen LogP contribution in [0.2, 0.25) is 0 Å². The molecular weight excluding hydrogens is 496 g/mol. The van der Waals surface area contributed by atoms with Crippen molar-refractivity contribution in [1.82, 2.24) is 25.3 Å². The van der Waals surface area contributed by atoms with Gasteiger partial charge in [-0.3, -0.25) is 9.78 Å². The Morgan fingerprint density at radius 2 is 2.03 bits per heavy atom. The molecule has 0 bridgehead atoms. The lowest BCUT2D eigenvalue weighted by Crippen LogP contribution is -2.42. The number of aromatic nitrogens is 4. The Morgan fingerprint density at radius 3 is 2.79 bits per heavy atom. The molecule has 1 fully saturated rings. The summed E-state index contributed by atoms with van der Waals surface area (Å²) in [6, 6.07) is 11.9. The third-order valence-corrected chi connectivity index (χ3v) is 8.30. The van der Waals surface area contributed by atoms with Crippen molar-refractivity contribution < 1.29 is 9.90 Å². The SMILES string of the molecule is Cc1cc(Nc2nccc(C)n2)cc(-c2cnc(C3(O)CCC(C(=O)NCc4cccnc4)C(C)C3)s2)c1. The Balaban J connectivity index is 1.27. The molecule has 9 heteroatoms. The molecule has 0 radical (unpaired) electrons. The quantitative estimate of drug-likeness (QED) is 0.298. The highest BCUT2D eigenvalue weighted by Crippen LogP contribution is 2.45. The van der Waals surface area contributed by atoms with Crippen molar-refractivity contribution in [2.45, 2.75) is 52.2 Å². The standard InChI is InChI=1S/C29H32N6O2S/c1-18-11-22(13-23(12-18)35-28-31-10-7-20(3)34-28)25-17-33-27(38-25)29(37)8-6-24(19(2)14-29)26(36)32-16-21-5-4-9-30-15-21/h4-5,7,9-13,15,17,19,24,37H,6,8,14,16H2,1-3H3,(H,32,36)(H,31,34,35). The molecule has 0 spiro atoms. The highest BCUT2D eigenvalue weighted by molar-refractivity contribution is 7.15. The summed E-state index contributed by atoms with van der Waals surface area (Å²) in [6.07, 6.45) is 8.65. The molecule has 0 aliphatic heterocycles. The normalized spacial score (nSPS) is 21.2. The summed E-state index contributed by atoms with van der Waals surface area (Å²) in [5.74, 6) is 0.469. The summed E-state index contributed by atoms with van der Waals surface area (Å²) in [7, 11) is 0. The van der Waals surface area contributed by atoms with E-state index < -0.39 is 5.60 Å². The average Bonchev–Trinajstić information content (AvgIpc) is 3.39. The van der Waals surface area contributed by atoms with E-state index in [0.717, 1.165) is 32.9 Å². The summed E-state index contributed by atoms with van der Waals surface area (Å²) >= 11 is 1.51. The molecule has 38 heavy (non-hydrogen) atoms. The van der Waals surface area contributed by atoms with E-state index in [9.17, 15) is 9.90 Å². The molecule has 1 aliphatic rings. The lowest BCUT2D eigenvalue weighted by molar-refractivity contribution is -0.131. The Kier molecular flexibility index (Phi) is 7.49. The van der Waals surface area contributed by atoms with Crippen LogP contribution in [0.3, 0.4) is 0 Å². The van der Waals surface area contributed by atoms with E-state index in [1.807, 2.05) is 57.3 Å². The van der Waals surface area contributed by atoms with Crippen molar-refractivity contribution in [2.24, 2.45) is 11.8 Å². The third-order valence-electron chi connectivity index (χ3n) is 7.06. The Bertz CT molecular complexity index is 1430. The van der Waals surface area contributed by atoms with Gasteiger partial charge in [0.2, 0.25) is 11.9 Å². The van der Waals surface area contributed by atoms with Gasteiger partial charge in [-0.1, -0.05) is 19.1 Å². The first-order valence-corrected chi connectivity index (χ1v) is 13.6. The first-order valence-electron chi connectivity index (χ1n) is 12.8. The van der Waals surface area contributed by atoms with Gasteiger partial charge in [0.25, 0.3) is 0 Å².